The van der Waals surface area contributed by atoms with E-state index in [9.17, 15) is 13.6 Å². The molecule has 0 aliphatic rings. The Morgan fingerprint density at radius 2 is 2.11 bits per heavy atom. The van der Waals surface area contributed by atoms with E-state index >= 15 is 0 Å². The zero-order valence-corrected chi connectivity index (χ0v) is 11.3. The maximum atomic E-state index is 12.9. The van der Waals surface area contributed by atoms with Gasteiger partial charge < -0.3 is 16.0 Å². The predicted octanol–water partition coefficient (Wildman–Crippen LogP) is 2.49. The Morgan fingerprint density at radius 1 is 1.47 bits per heavy atom. The lowest BCUT2D eigenvalue weighted by molar-refractivity contribution is -0.130. The van der Waals surface area contributed by atoms with Gasteiger partial charge in [0.05, 0.1) is 0 Å². The first-order valence-electron chi connectivity index (χ1n) is 6.05. The Hall–Kier alpha value is -1.85. The van der Waals surface area contributed by atoms with Crippen LogP contribution < -0.4 is 11.1 Å². The molecule has 0 bridgehead atoms. The molecular weight excluding hydrogens is 252 g/mol. The smallest absolute Gasteiger partial charge is 0.265 e. The normalized spacial score (nSPS) is 12.3. The number of anilines is 2. The van der Waals surface area contributed by atoms with Gasteiger partial charge in [-0.2, -0.15) is 0 Å². The number of nitrogens with one attached hydrogen (secondary N) is 1. The van der Waals surface area contributed by atoms with Crippen LogP contribution >= 0.6 is 0 Å². The van der Waals surface area contributed by atoms with E-state index < -0.39 is 12.5 Å². The van der Waals surface area contributed by atoms with Gasteiger partial charge in [-0.3, -0.25) is 4.79 Å². The Bertz CT molecular complexity index is 452. The van der Waals surface area contributed by atoms with Gasteiger partial charge in [0, 0.05) is 30.5 Å². The van der Waals surface area contributed by atoms with E-state index in [4.69, 9.17) is 5.73 Å². The molecule has 0 aliphatic heterocycles. The van der Waals surface area contributed by atoms with Crippen LogP contribution in [0, 0.1) is 0 Å². The highest BCUT2D eigenvalue weighted by Gasteiger charge is 2.19. The number of nitrogens with two attached hydrogens (primary N) is 1. The average Bonchev–Trinajstić information content (AvgIpc) is 2.38. The van der Waals surface area contributed by atoms with Crippen LogP contribution in [0.25, 0.3) is 0 Å². The van der Waals surface area contributed by atoms with Crippen molar-refractivity contribution in [3.05, 3.63) is 23.8 Å². The number of nitrogen functional groups attached to an aromatic ring is 1. The van der Waals surface area contributed by atoms with E-state index in [0.29, 0.717) is 6.54 Å². The molecule has 106 valence electrons. The molecule has 0 spiro atoms. The second-order valence-electron chi connectivity index (χ2n) is 4.37. The molecule has 19 heavy (non-hydrogen) atoms. The number of hydrogen-bond donors (Lipinski definition) is 2. The highest BCUT2D eigenvalue weighted by Crippen LogP contribution is 2.29. The predicted molar refractivity (Wildman–Crippen MR) is 72.2 cm³/mol. The summed E-state index contributed by atoms with van der Waals surface area (Å²) in [7, 11) is 1.66. The molecule has 0 radical (unpaired) electrons. The van der Waals surface area contributed by atoms with Crippen molar-refractivity contribution in [1.29, 1.82) is 0 Å². The Morgan fingerprint density at radius 3 is 2.63 bits per heavy atom. The third-order valence-corrected chi connectivity index (χ3v) is 2.90. The van der Waals surface area contributed by atoms with Crippen molar-refractivity contribution in [2.45, 2.75) is 26.3 Å². The lowest BCUT2D eigenvalue weighted by Crippen LogP contribution is -2.39. The summed E-state index contributed by atoms with van der Waals surface area (Å²) in [4.78, 5) is 13.4. The van der Waals surface area contributed by atoms with E-state index in [1.54, 1.807) is 14.0 Å². The molecule has 0 saturated carbocycles. The molecule has 0 saturated heterocycles. The van der Waals surface area contributed by atoms with Gasteiger partial charge in [0.2, 0.25) is 5.91 Å². The standard InChI is InChI=1S/C13H19F2N3O/c1-4-18(3)13(19)8(2)17-11-6-5-9(16)7-10(11)12(14)15/h5-8,12,17H,4,16H2,1-3H3. The maximum Gasteiger partial charge on any atom is 0.265 e. The number of likely N-dealkylation sites (N-methyl/N-ethyl adjacent to an activating group) is 1. The number of amides is 1. The number of carbonyl (C=O) groups excluding carboxylic acids is 1. The zero-order chi connectivity index (χ0) is 14.6. The fraction of sp³-hybridized carbons (Fsp3) is 0.462. The van der Waals surface area contributed by atoms with Gasteiger partial charge in [-0.05, 0) is 32.0 Å². The SMILES string of the molecule is CCN(C)C(=O)C(C)Nc1ccc(N)cc1C(F)F. The number of halogens is 2. The topological polar surface area (TPSA) is 58.4 Å². The first-order valence-corrected chi connectivity index (χ1v) is 6.05. The molecular formula is C13H19F2N3O. The van der Waals surface area contributed by atoms with Crippen LogP contribution in [0.4, 0.5) is 20.2 Å². The van der Waals surface area contributed by atoms with E-state index in [1.807, 2.05) is 6.92 Å². The summed E-state index contributed by atoms with van der Waals surface area (Å²) in [6.45, 7) is 4.05. The van der Waals surface area contributed by atoms with Crippen molar-refractivity contribution in [3.8, 4) is 0 Å². The Kier molecular flexibility index (Phi) is 5.09. The molecule has 1 amide bonds. The highest BCUT2D eigenvalue weighted by atomic mass is 19.3. The number of rotatable bonds is 5. The summed E-state index contributed by atoms with van der Waals surface area (Å²) in [5, 5.41) is 2.81. The van der Waals surface area contributed by atoms with Crippen molar-refractivity contribution in [2.24, 2.45) is 0 Å². The quantitative estimate of drug-likeness (QED) is 0.809. The van der Waals surface area contributed by atoms with Crippen molar-refractivity contribution < 1.29 is 13.6 Å². The molecule has 4 nitrogen and oxygen atoms in total. The zero-order valence-electron chi connectivity index (χ0n) is 11.3. The molecule has 1 aromatic carbocycles. The Labute approximate surface area is 111 Å². The number of hydrogen-bond acceptors (Lipinski definition) is 3. The number of carbonyl (C=O) groups is 1. The van der Waals surface area contributed by atoms with Crippen molar-refractivity contribution >= 4 is 17.3 Å². The first kappa shape index (κ1) is 15.2. The minimum atomic E-state index is -2.64. The lowest BCUT2D eigenvalue weighted by atomic mass is 10.1. The number of nitrogens with zero attached hydrogens (tertiary/aromatic N) is 1. The summed E-state index contributed by atoms with van der Waals surface area (Å²) in [5.41, 5.74) is 5.79. The van der Waals surface area contributed by atoms with E-state index in [2.05, 4.69) is 5.32 Å². The molecule has 0 heterocycles. The minimum absolute atomic E-state index is 0.153. The van der Waals surface area contributed by atoms with Crippen LogP contribution in [0.1, 0.15) is 25.8 Å². The van der Waals surface area contributed by atoms with Crippen molar-refractivity contribution in [3.63, 3.8) is 0 Å². The fourth-order valence-corrected chi connectivity index (χ4v) is 1.67. The molecule has 1 atom stereocenters. The van der Waals surface area contributed by atoms with E-state index in [0.717, 1.165) is 0 Å². The molecule has 6 heteroatoms. The number of alkyl halides is 2. The van der Waals surface area contributed by atoms with Crippen molar-refractivity contribution in [2.75, 3.05) is 24.6 Å². The molecule has 0 aliphatic carbocycles. The number of benzene rings is 1. The van der Waals surface area contributed by atoms with Crippen LogP contribution in [0.2, 0.25) is 0 Å². The molecule has 0 fully saturated rings. The first-order chi connectivity index (χ1) is 8.86. The summed E-state index contributed by atoms with van der Waals surface area (Å²) >= 11 is 0. The van der Waals surface area contributed by atoms with Crippen LogP contribution in [0.15, 0.2) is 18.2 Å². The van der Waals surface area contributed by atoms with Gasteiger partial charge >= 0.3 is 0 Å². The highest BCUT2D eigenvalue weighted by molar-refractivity contribution is 5.84. The summed E-state index contributed by atoms with van der Waals surface area (Å²) in [6.07, 6.45) is -2.64. The second kappa shape index (κ2) is 6.36. The van der Waals surface area contributed by atoms with Crippen molar-refractivity contribution in [1.82, 2.24) is 4.90 Å². The van der Waals surface area contributed by atoms with Gasteiger partial charge in [0.15, 0.2) is 0 Å². The molecule has 0 aromatic heterocycles. The summed E-state index contributed by atoms with van der Waals surface area (Å²) < 4.78 is 25.8. The fourth-order valence-electron chi connectivity index (χ4n) is 1.67. The third kappa shape index (κ3) is 3.81. The molecule has 1 aromatic rings. The Balaban J connectivity index is 2.90. The van der Waals surface area contributed by atoms with E-state index in [-0.39, 0.29) is 22.8 Å². The summed E-state index contributed by atoms with van der Waals surface area (Å²) in [6, 6.07) is 3.63. The van der Waals surface area contributed by atoms with Gasteiger partial charge in [0.1, 0.15) is 6.04 Å². The molecule has 1 rings (SSSR count). The average molecular weight is 271 g/mol. The lowest BCUT2D eigenvalue weighted by Gasteiger charge is -2.22. The third-order valence-electron chi connectivity index (χ3n) is 2.90. The van der Waals surface area contributed by atoms with Gasteiger partial charge in [-0.1, -0.05) is 0 Å². The second-order valence-corrected chi connectivity index (χ2v) is 4.37. The molecule has 3 N–H and O–H groups in total. The maximum absolute atomic E-state index is 12.9. The molecule has 1 unspecified atom stereocenters. The van der Waals surface area contributed by atoms with Crippen LogP contribution in [-0.2, 0) is 4.79 Å². The minimum Gasteiger partial charge on any atom is -0.399 e. The van der Waals surface area contributed by atoms with Gasteiger partial charge in [-0.15, -0.1) is 0 Å². The largest absolute Gasteiger partial charge is 0.399 e. The van der Waals surface area contributed by atoms with Crippen LogP contribution in [0.5, 0.6) is 0 Å². The van der Waals surface area contributed by atoms with Crippen LogP contribution in [-0.4, -0.2) is 30.4 Å². The summed E-state index contributed by atoms with van der Waals surface area (Å²) in [5.74, 6) is -0.153. The monoisotopic (exact) mass is 271 g/mol. The van der Waals surface area contributed by atoms with E-state index in [1.165, 1.54) is 23.1 Å². The van der Waals surface area contributed by atoms with Crippen LogP contribution in [0.3, 0.4) is 0 Å². The van der Waals surface area contributed by atoms with Gasteiger partial charge in [-0.25, -0.2) is 8.78 Å². The van der Waals surface area contributed by atoms with Gasteiger partial charge in [0.25, 0.3) is 6.43 Å².